The van der Waals surface area contributed by atoms with Crippen LogP contribution in [0.25, 0.3) is 0 Å². The van der Waals surface area contributed by atoms with E-state index in [1.165, 1.54) is 7.11 Å². The van der Waals surface area contributed by atoms with E-state index in [0.29, 0.717) is 28.9 Å². The monoisotopic (exact) mass is 576 g/mol. The van der Waals surface area contributed by atoms with Crippen molar-refractivity contribution in [1.29, 1.82) is 0 Å². The SMILES string of the molecule is CO[C@]12C=C3C(=O)c4c(O)c(CC=C(C)C)c5c(c4O[C@]34C(C1)C(C)(C)O[C@]4(C/C=C(\C)C=O)C2=O)C(C)(C)[C@H](C)O5. The molecule has 2 fully saturated rings. The summed E-state index contributed by atoms with van der Waals surface area (Å²) in [6, 6.07) is 0. The van der Waals surface area contributed by atoms with E-state index in [9.17, 15) is 19.5 Å². The number of Topliss-reactive ketones (excluding diaryl/α,β-unsaturated/α-hetero) is 2. The maximum atomic E-state index is 14.8. The standard InChI is InChI=1S/C34H40O8/c1-17(2)10-11-20-25(36)23-26(37)21-14-32(39-9)15-22-31(7,8)42-33(29(32)38,13-12-18(3)16-35)34(21,22)41-28(23)24-27(20)40-19(4)30(24,5)6/h10,12,14,16,19,22,36H,11,13,15H2,1-9H3/b18-12+/t19-,22?,32+,33+,34-/m0/s1. The van der Waals surface area contributed by atoms with E-state index >= 15 is 0 Å². The molecule has 5 atom stereocenters. The van der Waals surface area contributed by atoms with E-state index in [4.69, 9.17) is 18.9 Å². The Morgan fingerprint density at radius 2 is 1.81 bits per heavy atom. The molecule has 1 saturated carbocycles. The minimum Gasteiger partial charge on any atom is -0.507 e. The number of ether oxygens (including phenoxy) is 4. The molecule has 1 N–H and O–H groups in total. The Labute approximate surface area is 246 Å². The number of phenols is 1. The second kappa shape index (κ2) is 8.66. The molecule has 1 aromatic rings. The van der Waals surface area contributed by atoms with Crippen molar-refractivity contribution in [2.24, 2.45) is 5.92 Å². The van der Waals surface area contributed by atoms with Gasteiger partial charge in [0.2, 0.25) is 5.78 Å². The molecule has 1 aromatic carbocycles. The molecule has 0 aromatic heterocycles. The molecule has 0 radical (unpaired) electrons. The maximum Gasteiger partial charge on any atom is 0.205 e. The number of fused-ring (bicyclic) bond motifs is 3. The van der Waals surface area contributed by atoms with Crippen LogP contribution in [0.1, 0.15) is 89.7 Å². The Morgan fingerprint density at radius 3 is 2.43 bits per heavy atom. The summed E-state index contributed by atoms with van der Waals surface area (Å²) in [6.45, 7) is 15.5. The van der Waals surface area contributed by atoms with E-state index < -0.39 is 39.5 Å². The summed E-state index contributed by atoms with van der Waals surface area (Å²) in [5.74, 6) is -0.614. The van der Waals surface area contributed by atoms with Gasteiger partial charge in [-0.25, -0.2) is 0 Å². The minimum atomic E-state index is -1.64. The average molecular weight is 577 g/mol. The Balaban J connectivity index is 1.71. The van der Waals surface area contributed by atoms with Gasteiger partial charge in [0.05, 0.1) is 5.60 Å². The van der Waals surface area contributed by atoms with Crippen molar-refractivity contribution in [2.45, 2.75) is 109 Å². The van der Waals surface area contributed by atoms with E-state index in [1.54, 1.807) is 19.1 Å². The number of benzene rings is 1. The van der Waals surface area contributed by atoms with Crippen LogP contribution >= 0.6 is 0 Å². The van der Waals surface area contributed by atoms with Crippen molar-refractivity contribution >= 4 is 17.9 Å². The molecule has 6 aliphatic rings. The highest BCUT2D eigenvalue weighted by atomic mass is 16.6. The molecule has 42 heavy (non-hydrogen) atoms. The number of hydrogen-bond donors (Lipinski definition) is 1. The van der Waals surface area contributed by atoms with Crippen LogP contribution in [-0.2, 0) is 30.9 Å². The third kappa shape index (κ3) is 3.23. The summed E-state index contributed by atoms with van der Waals surface area (Å²) in [7, 11) is 1.46. The van der Waals surface area contributed by atoms with Crippen molar-refractivity contribution in [3.63, 3.8) is 0 Å². The summed E-state index contributed by atoms with van der Waals surface area (Å²) in [6.07, 6.45) is 6.38. The molecule has 224 valence electrons. The van der Waals surface area contributed by atoms with Gasteiger partial charge in [0.1, 0.15) is 40.8 Å². The van der Waals surface area contributed by atoms with E-state index in [1.807, 2.05) is 54.5 Å². The highest BCUT2D eigenvalue weighted by Gasteiger charge is 2.84. The van der Waals surface area contributed by atoms with Gasteiger partial charge >= 0.3 is 0 Å². The van der Waals surface area contributed by atoms with Gasteiger partial charge in [-0.3, -0.25) is 14.4 Å². The number of allylic oxidation sites excluding steroid dienone is 3. The van der Waals surface area contributed by atoms with Crippen LogP contribution in [0.3, 0.4) is 0 Å². The number of hydrogen-bond acceptors (Lipinski definition) is 8. The van der Waals surface area contributed by atoms with Crippen LogP contribution in [-0.4, -0.2) is 58.6 Å². The second-order valence-corrected chi connectivity index (χ2v) is 13.9. The number of carbonyl (C=O) groups excluding carboxylic acids is 3. The molecule has 8 heteroatoms. The number of aldehydes is 1. The van der Waals surface area contributed by atoms with Gasteiger partial charge in [-0.2, -0.15) is 0 Å². The van der Waals surface area contributed by atoms with Crippen LogP contribution in [0.15, 0.2) is 34.9 Å². The summed E-state index contributed by atoms with van der Waals surface area (Å²) in [5.41, 5.74) is -2.95. The number of methoxy groups -OCH3 is 1. The molecule has 3 aliphatic heterocycles. The third-order valence-corrected chi connectivity index (χ3v) is 10.5. The van der Waals surface area contributed by atoms with Crippen molar-refractivity contribution in [2.75, 3.05) is 7.11 Å². The molecule has 1 spiro atoms. The van der Waals surface area contributed by atoms with Gasteiger partial charge in [-0.05, 0) is 66.0 Å². The van der Waals surface area contributed by atoms with Crippen molar-refractivity contribution < 1.29 is 38.4 Å². The Morgan fingerprint density at radius 1 is 1.12 bits per heavy atom. The molecular weight excluding hydrogens is 536 g/mol. The number of phenolic OH excluding ortho intramolecular Hbond substituents is 1. The van der Waals surface area contributed by atoms with Crippen molar-refractivity contribution in [3.05, 3.63) is 51.6 Å². The normalized spacial score (nSPS) is 34.6. The zero-order chi connectivity index (χ0) is 30.8. The molecule has 1 unspecified atom stereocenters. The van der Waals surface area contributed by atoms with Crippen LogP contribution in [0.2, 0.25) is 0 Å². The predicted molar refractivity (Wildman–Crippen MR) is 155 cm³/mol. The maximum absolute atomic E-state index is 14.8. The molecule has 3 heterocycles. The summed E-state index contributed by atoms with van der Waals surface area (Å²) >= 11 is 0. The minimum absolute atomic E-state index is 0.0184. The molecular formula is C34H40O8. The first kappa shape index (κ1) is 28.9. The summed E-state index contributed by atoms with van der Waals surface area (Å²) < 4.78 is 26.3. The fourth-order valence-corrected chi connectivity index (χ4v) is 7.99. The molecule has 7 rings (SSSR count). The zero-order valence-electron chi connectivity index (χ0n) is 25.9. The molecule has 4 bridgehead atoms. The molecule has 3 aliphatic carbocycles. The Bertz CT molecular complexity index is 1550. The third-order valence-electron chi connectivity index (χ3n) is 10.5. The van der Waals surface area contributed by atoms with Crippen LogP contribution in [0.5, 0.6) is 17.2 Å². The van der Waals surface area contributed by atoms with Gasteiger partial charge < -0.3 is 24.1 Å². The number of rotatable bonds is 6. The van der Waals surface area contributed by atoms with Gasteiger partial charge in [0.25, 0.3) is 0 Å². The lowest BCUT2D eigenvalue weighted by Gasteiger charge is -2.59. The summed E-state index contributed by atoms with van der Waals surface area (Å²) in [4.78, 5) is 41.0. The average Bonchev–Trinajstić information content (AvgIpc) is 3.25. The highest BCUT2D eigenvalue weighted by molar-refractivity contribution is 6.20. The Hall–Kier alpha value is -3.23. The highest BCUT2D eigenvalue weighted by Crippen LogP contribution is 2.70. The molecule has 0 amide bonds. The van der Waals surface area contributed by atoms with Gasteiger partial charge in [0.15, 0.2) is 17.0 Å². The number of ketones is 2. The quantitative estimate of drug-likeness (QED) is 0.277. The lowest BCUT2D eigenvalue weighted by molar-refractivity contribution is -0.190. The fraction of sp³-hybridized carbons (Fsp3) is 0.559. The van der Waals surface area contributed by atoms with E-state index in [0.717, 1.165) is 11.9 Å². The second-order valence-electron chi connectivity index (χ2n) is 13.9. The predicted octanol–water partition coefficient (Wildman–Crippen LogP) is 5.27. The fourth-order valence-electron chi connectivity index (χ4n) is 7.99. The van der Waals surface area contributed by atoms with Crippen LogP contribution < -0.4 is 9.47 Å². The Kier molecular flexibility index (Phi) is 5.96. The van der Waals surface area contributed by atoms with Crippen molar-refractivity contribution in [3.8, 4) is 17.2 Å². The van der Waals surface area contributed by atoms with E-state index in [2.05, 4.69) is 0 Å². The van der Waals surface area contributed by atoms with Crippen molar-refractivity contribution in [1.82, 2.24) is 0 Å². The topological polar surface area (TPSA) is 108 Å². The first-order chi connectivity index (χ1) is 19.5. The van der Waals surface area contributed by atoms with Gasteiger partial charge in [0, 0.05) is 41.6 Å². The molecule has 1 saturated heterocycles. The molecule has 8 nitrogen and oxygen atoms in total. The smallest absolute Gasteiger partial charge is 0.205 e. The number of aromatic hydroxyl groups is 1. The van der Waals surface area contributed by atoms with Gasteiger partial charge in [-0.15, -0.1) is 0 Å². The first-order valence-corrected chi connectivity index (χ1v) is 14.7. The zero-order valence-corrected chi connectivity index (χ0v) is 25.9. The largest absolute Gasteiger partial charge is 0.507 e. The van der Waals surface area contributed by atoms with E-state index in [-0.39, 0.29) is 47.4 Å². The lowest BCUT2D eigenvalue weighted by Crippen LogP contribution is -2.77. The summed E-state index contributed by atoms with van der Waals surface area (Å²) in [5, 5.41) is 11.8. The van der Waals surface area contributed by atoms with Gasteiger partial charge in [-0.1, -0.05) is 31.6 Å². The van der Waals surface area contributed by atoms with Crippen LogP contribution in [0, 0.1) is 5.92 Å². The lowest BCUT2D eigenvalue weighted by atomic mass is 9.49. The number of carbonyl (C=O) groups is 3. The first-order valence-electron chi connectivity index (χ1n) is 14.7. The van der Waals surface area contributed by atoms with Crippen LogP contribution in [0.4, 0.5) is 0 Å².